The third-order valence-corrected chi connectivity index (χ3v) is 12.9. The van der Waals surface area contributed by atoms with Crippen LogP contribution in [0.4, 0.5) is 0 Å². The highest BCUT2D eigenvalue weighted by Gasteiger charge is 2.65. The van der Waals surface area contributed by atoms with Gasteiger partial charge in [0.1, 0.15) is 0 Å². The molecule has 0 atom stereocenters. The van der Waals surface area contributed by atoms with Gasteiger partial charge in [-0.1, -0.05) is 120 Å². The molecule has 46 heavy (non-hydrogen) atoms. The van der Waals surface area contributed by atoms with Gasteiger partial charge < -0.3 is 0 Å². The maximum atomic E-state index is 14.2. The summed E-state index contributed by atoms with van der Waals surface area (Å²) in [4.78, 5) is 57.2. The molecule has 0 saturated carbocycles. The summed E-state index contributed by atoms with van der Waals surface area (Å²) in [6, 6.07) is 6.99. The van der Waals surface area contributed by atoms with Crippen molar-refractivity contribution in [1.82, 2.24) is 4.90 Å². The Morgan fingerprint density at radius 1 is 0.543 bits per heavy atom. The van der Waals surface area contributed by atoms with Gasteiger partial charge in [-0.3, -0.25) is 24.1 Å². The maximum absolute atomic E-state index is 14.2. The number of carbonyl (C=O) groups is 4. The second-order valence-corrected chi connectivity index (χ2v) is 21.4. The number of rotatable bonds is 2. The van der Waals surface area contributed by atoms with E-state index in [9.17, 15) is 19.2 Å². The minimum absolute atomic E-state index is 0.0484. The zero-order valence-electron chi connectivity index (χ0n) is 29.7. The number of benzene rings is 1. The summed E-state index contributed by atoms with van der Waals surface area (Å²) in [6.07, 6.45) is 8.61. The molecule has 1 aromatic carbocycles. The van der Waals surface area contributed by atoms with Crippen molar-refractivity contribution in [2.45, 2.75) is 104 Å². The third kappa shape index (κ3) is 5.53. The van der Waals surface area contributed by atoms with E-state index in [0.29, 0.717) is 11.1 Å². The molecule has 0 N–H and O–H groups in total. The summed E-state index contributed by atoms with van der Waals surface area (Å²) < 4.78 is -2.28. The first-order chi connectivity index (χ1) is 20.8. The number of Topliss-reactive ketones (excluding diaryl/α,β-unsaturated/α-hetero) is 2. The molecule has 4 aliphatic rings. The van der Waals surface area contributed by atoms with Gasteiger partial charge in [0, 0.05) is 22.3 Å². The molecule has 0 aromatic heterocycles. The molecule has 1 aromatic rings. The number of carbonyl (C=O) groups excluding carboxylic acids is 4. The van der Waals surface area contributed by atoms with Gasteiger partial charge in [0.05, 0.1) is 31.2 Å². The van der Waals surface area contributed by atoms with Gasteiger partial charge in [0.25, 0.3) is 11.8 Å². The molecule has 2 spiro atoms. The Labute approximate surface area is 283 Å². The second-order valence-electron chi connectivity index (χ2n) is 17.6. The summed E-state index contributed by atoms with van der Waals surface area (Å²) in [5.74, 6) is -0.478. The largest absolute Gasteiger partial charge is 0.289 e. The fraction of sp³-hybridized carbons (Fsp3) is 0.538. The summed E-state index contributed by atoms with van der Waals surface area (Å²) in [7, 11) is 0. The van der Waals surface area contributed by atoms with Gasteiger partial charge in [0.15, 0.2) is 11.6 Å². The van der Waals surface area contributed by atoms with E-state index >= 15 is 0 Å². The van der Waals surface area contributed by atoms with Crippen molar-refractivity contribution in [3.63, 3.8) is 0 Å². The Morgan fingerprint density at radius 3 is 1.09 bits per heavy atom. The molecule has 0 unspecified atom stereocenters. The molecule has 1 saturated heterocycles. The quantitative estimate of drug-likeness (QED) is 0.295. The highest BCUT2D eigenvalue weighted by Crippen LogP contribution is 2.70. The average Bonchev–Trinajstić information content (AvgIpc) is 3.26. The van der Waals surface area contributed by atoms with Gasteiger partial charge in [-0.25, -0.2) is 0 Å². The first-order valence-corrected chi connectivity index (χ1v) is 17.8. The zero-order valence-corrected chi connectivity index (χ0v) is 31.4. The molecule has 1 fully saturated rings. The van der Waals surface area contributed by atoms with E-state index in [2.05, 4.69) is 114 Å². The fourth-order valence-corrected chi connectivity index (χ4v) is 11.2. The minimum Gasteiger partial charge on any atom is -0.289 e. The van der Waals surface area contributed by atoms with Crippen molar-refractivity contribution in [3.05, 3.63) is 82.0 Å². The lowest BCUT2D eigenvalue weighted by Crippen LogP contribution is -2.48. The number of hydrogen-bond acceptors (Lipinski definition) is 6. The molecule has 2 aliphatic carbocycles. The van der Waals surface area contributed by atoms with Crippen LogP contribution >= 0.6 is 23.5 Å². The van der Waals surface area contributed by atoms with Gasteiger partial charge in [0.2, 0.25) is 0 Å². The van der Waals surface area contributed by atoms with Crippen LogP contribution in [0.5, 0.6) is 0 Å². The average molecular weight is 660 g/mol. The van der Waals surface area contributed by atoms with Crippen LogP contribution in [0, 0.1) is 21.7 Å². The van der Waals surface area contributed by atoms with E-state index in [4.69, 9.17) is 0 Å². The Balaban J connectivity index is 1.82. The molecular formula is C39H49NO4S2. The molecule has 0 radical (unpaired) electrons. The number of hydrogen-bond donors (Lipinski definition) is 0. The van der Waals surface area contributed by atoms with Crippen LogP contribution in [0.3, 0.4) is 0 Å². The molecule has 5 nitrogen and oxygen atoms in total. The van der Waals surface area contributed by atoms with Gasteiger partial charge in [-0.05, 0) is 40.7 Å². The molecule has 2 amide bonds. The van der Waals surface area contributed by atoms with Crippen LogP contribution < -0.4 is 0 Å². The van der Waals surface area contributed by atoms with E-state index in [1.807, 2.05) is 0 Å². The van der Waals surface area contributed by atoms with Crippen LogP contribution in [0.15, 0.2) is 70.9 Å². The van der Waals surface area contributed by atoms with Crippen LogP contribution in [-0.2, 0) is 9.59 Å². The fourth-order valence-electron chi connectivity index (χ4n) is 6.92. The molecule has 5 rings (SSSR count). The smallest absolute Gasteiger partial charge is 0.261 e. The highest BCUT2D eigenvalue weighted by molar-refractivity contribution is 8.23. The number of thioether (sulfide) groups is 2. The lowest BCUT2D eigenvalue weighted by atomic mass is 9.65. The third-order valence-electron chi connectivity index (χ3n) is 9.35. The van der Waals surface area contributed by atoms with Gasteiger partial charge in [-0.2, -0.15) is 0 Å². The van der Waals surface area contributed by atoms with Crippen LogP contribution in [-0.4, -0.2) is 48.4 Å². The number of imide groups is 1. The number of amides is 2. The SMILES string of the molecule is CC1(CN2C(=O)c3ccccc3C2=O)SC2(C=C(C(C)(C)C)C(=O)C(C(C)(C)C)=C2)C2(C=C(C(C)(C)C)C(=O)C(C(C)(C)C)=C2)S1. The summed E-state index contributed by atoms with van der Waals surface area (Å²) in [6.45, 7) is 27.2. The molecular weight excluding hydrogens is 611 g/mol. The van der Waals surface area contributed by atoms with Crippen molar-refractivity contribution >= 4 is 46.9 Å². The lowest BCUT2D eigenvalue weighted by Gasteiger charge is -2.46. The van der Waals surface area contributed by atoms with Crippen LogP contribution in [0.1, 0.15) is 111 Å². The van der Waals surface area contributed by atoms with E-state index in [-0.39, 0.29) is 29.9 Å². The normalized spacial score (nSPS) is 22.7. The van der Waals surface area contributed by atoms with Gasteiger partial charge >= 0.3 is 0 Å². The first-order valence-electron chi connectivity index (χ1n) is 16.1. The topological polar surface area (TPSA) is 71.5 Å². The number of fused-ring (bicyclic) bond motifs is 2. The Bertz CT molecular complexity index is 1500. The summed E-state index contributed by atoms with van der Waals surface area (Å²) in [5, 5.41) is 0. The van der Waals surface area contributed by atoms with Crippen molar-refractivity contribution < 1.29 is 19.2 Å². The monoisotopic (exact) mass is 659 g/mol. The van der Waals surface area contributed by atoms with Crippen LogP contribution in [0.2, 0.25) is 0 Å². The molecule has 7 heteroatoms. The minimum atomic E-state index is -0.794. The number of allylic oxidation sites excluding steroid dienone is 4. The van der Waals surface area contributed by atoms with E-state index in [1.54, 1.807) is 47.8 Å². The molecule has 246 valence electrons. The van der Waals surface area contributed by atoms with Crippen molar-refractivity contribution in [2.24, 2.45) is 21.7 Å². The summed E-state index contributed by atoms with van der Waals surface area (Å²) >= 11 is 3.38. The molecule has 2 heterocycles. The molecule has 0 bridgehead atoms. The van der Waals surface area contributed by atoms with Crippen LogP contribution in [0.25, 0.3) is 0 Å². The lowest BCUT2D eigenvalue weighted by molar-refractivity contribution is -0.115. The summed E-state index contributed by atoms with van der Waals surface area (Å²) in [5.41, 5.74) is 2.04. The standard InChI is InChI=1S/C39H49NO4S2/c1-33(2,3)25-18-38(19-26(29(25)41)34(4,5)6)39(20-27(35(7,8)9)30(42)28(21-39)36(10,11)12)46-37(13,45-38)22-40-31(43)23-16-14-15-17-24(23)32(40)44/h14-21H,22H2,1-13H3. The molecule has 2 aliphatic heterocycles. The predicted molar refractivity (Wildman–Crippen MR) is 191 cm³/mol. The maximum Gasteiger partial charge on any atom is 0.261 e. The first kappa shape index (κ1) is 34.7. The highest BCUT2D eigenvalue weighted by atomic mass is 32.2. The van der Waals surface area contributed by atoms with E-state index in [1.165, 1.54) is 4.90 Å². The Morgan fingerprint density at radius 2 is 0.826 bits per heavy atom. The van der Waals surface area contributed by atoms with Gasteiger partial charge in [-0.15, -0.1) is 23.5 Å². The van der Waals surface area contributed by atoms with Crippen molar-refractivity contribution in [3.8, 4) is 0 Å². The van der Waals surface area contributed by atoms with E-state index < -0.39 is 35.2 Å². The number of nitrogens with zero attached hydrogens (tertiary/aromatic N) is 1. The zero-order chi connectivity index (χ0) is 34.6. The van der Waals surface area contributed by atoms with Crippen molar-refractivity contribution in [1.29, 1.82) is 0 Å². The number of ketones is 2. The second kappa shape index (κ2) is 10.4. The van der Waals surface area contributed by atoms with E-state index in [0.717, 1.165) is 22.3 Å². The Kier molecular flexibility index (Phi) is 7.86. The Hall–Kier alpha value is -2.64. The van der Waals surface area contributed by atoms with Crippen molar-refractivity contribution in [2.75, 3.05) is 6.54 Å². The predicted octanol–water partition coefficient (Wildman–Crippen LogP) is 9.01.